The Morgan fingerprint density at radius 2 is 1.88 bits per heavy atom. The second-order valence-corrected chi connectivity index (χ2v) is 6.86. The third kappa shape index (κ3) is 3.82. The molecule has 0 unspecified atom stereocenters. The van der Waals surface area contributed by atoms with Crippen molar-refractivity contribution in [3.8, 4) is 11.8 Å². The molecule has 0 aliphatic carbocycles. The van der Waals surface area contributed by atoms with Crippen molar-refractivity contribution in [1.29, 1.82) is 5.26 Å². The van der Waals surface area contributed by atoms with E-state index in [1.807, 2.05) is 0 Å². The molecule has 5 nitrogen and oxygen atoms in total. The van der Waals surface area contributed by atoms with Gasteiger partial charge in [0.25, 0.3) is 0 Å². The van der Waals surface area contributed by atoms with E-state index in [1.54, 1.807) is 56.7 Å². The second kappa shape index (κ2) is 7.77. The van der Waals surface area contributed by atoms with E-state index >= 15 is 0 Å². The van der Waals surface area contributed by atoms with Gasteiger partial charge in [-0.25, -0.2) is 8.42 Å². The molecule has 0 aliphatic rings. The van der Waals surface area contributed by atoms with Gasteiger partial charge in [0.2, 0.25) is 9.84 Å². The summed E-state index contributed by atoms with van der Waals surface area (Å²) in [6.07, 6.45) is 1.35. The Morgan fingerprint density at radius 3 is 2.46 bits per heavy atom. The molecule has 2 rings (SSSR count). The van der Waals surface area contributed by atoms with Gasteiger partial charge in [-0.05, 0) is 35.9 Å². The van der Waals surface area contributed by atoms with E-state index in [2.05, 4.69) is 0 Å². The Balaban J connectivity index is 2.48. The van der Waals surface area contributed by atoms with Gasteiger partial charge in [-0.1, -0.05) is 24.3 Å². The van der Waals surface area contributed by atoms with Gasteiger partial charge in [-0.15, -0.1) is 0 Å². The molecule has 0 heterocycles. The fourth-order valence-electron chi connectivity index (χ4n) is 2.20. The Morgan fingerprint density at radius 1 is 1.17 bits per heavy atom. The van der Waals surface area contributed by atoms with Gasteiger partial charge in [-0.2, -0.15) is 5.26 Å². The normalized spacial score (nSPS) is 11.8. The van der Waals surface area contributed by atoms with Gasteiger partial charge < -0.3 is 9.47 Å². The first-order valence-electron chi connectivity index (χ1n) is 7.10. The van der Waals surface area contributed by atoms with E-state index in [0.29, 0.717) is 17.9 Å². The highest BCUT2D eigenvalue weighted by molar-refractivity contribution is 7.95. The van der Waals surface area contributed by atoms with Crippen LogP contribution in [0.5, 0.6) is 5.75 Å². The number of hydrogen-bond donors (Lipinski definition) is 0. The van der Waals surface area contributed by atoms with Crippen LogP contribution in [0.1, 0.15) is 11.1 Å². The van der Waals surface area contributed by atoms with Crippen molar-refractivity contribution < 1.29 is 17.9 Å². The van der Waals surface area contributed by atoms with Crippen LogP contribution in [0.25, 0.3) is 6.08 Å². The monoisotopic (exact) mass is 343 g/mol. The van der Waals surface area contributed by atoms with E-state index < -0.39 is 9.84 Å². The molecule has 0 aliphatic heterocycles. The van der Waals surface area contributed by atoms with Crippen LogP contribution in [0.2, 0.25) is 0 Å². The Bertz CT molecular complexity index is 881. The van der Waals surface area contributed by atoms with E-state index in [9.17, 15) is 13.7 Å². The highest BCUT2D eigenvalue weighted by atomic mass is 32.2. The molecule has 2 aromatic carbocycles. The SMILES string of the molecule is COCc1cc(C=C(C#N)S(=O)(=O)c2ccccc2)ccc1OC. The third-order valence-corrected chi connectivity index (χ3v) is 5.04. The molecule has 2 aromatic rings. The fourth-order valence-corrected chi connectivity index (χ4v) is 3.39. The lowest BCUT2D eigenvalue weighted by Crippen LogP contribution is -2.03. The first-order chi connectivity index (χ1) is 11.5. The number of methoxy groups -OCH3 is 2. The number of sulfone groups is 1. The molecule has 6 heteroatoms. The first kappa shape index (κ1) is 17.7. The van der Waals surface area contributed by atoms with Gasteiger partial charge in [0.1, 0.15) is 16.7 Å². The summed E-state index contributed by atoms with van der Waals surface area (Å²) in [5, 5.41) is 9.31. The first-order valence-corrected chi connectivity index (χ1v) is 8.59. The van der Waals surface area contributed by atoms with E-state index in [-0.39, 0.29) is 9.80 Å². The lowest BCUT2D eigenvalue weighted by molar-refractivity contribution is 0.181. The van der Waals surface area contributed by atoms with Gasteiger partial charge in [0.05, 0.1) is 18.6 Å². The molecule has 0 amide bonds. The molecule has 0 saturated carbocycles. The number of hydrogen-bond acceptors (Lipinski definition) is 5. The maximum absolute atomic E-state index is 12.6. The summed E-state index contributed by atoms with van der Waals surface area (Å²) in [5.41, 5.74) is 1.35. The maximum Gasteiger partial charge on any atom is 0.216 e. The average molecular weight is 343 g/mol. The van der Waals surface area contributed by atoms with Crippen molar-refractivity contribution in [1.82, 2.24) is 0 Å². The molecular weight excluding hydrogens is 326 g/mol. The van der Waals surface area contributed by atoms with Crippen LogP contribution in [0.4, 0.5) is 0 Å². The lowest BCUT2D eigenvalue weighted by Gasteiger charge is -2.09. The summed E-state index contributed by atoms with van der Waals surface area (Å²) >= 11 is 0. The zero-order valence-corrected chi connectivity index (χ0v) is 14.2. The van der Waals surface area contributed by atoms with E-state index in [4.69, 9.17) is 9.47 Å². The molecule has 0 saturated heterocycles. The lowest BCUT2D eigenvalue weighted by atomic mass is 10.1. The molecule has 0 N–H and O–H groups in total. The minimum absolute atomic E-state index is 0.0865. The van der Waals surface area contributed by atoms with E-state index in [0.717, 1.165) is 5.56 Å². The Kier molecular flexibility index (Phi) is 5.74. The van der Waals surface area contributed by atoms with Crippen LogP contribution < -0.4 is 4.74 Å². The van der Waals surface area contributed by atoms with Gasteiger partial charge in [-0.3, -0.25) is 0 Å². The largest absolute Gasteiger partial charge is 0.496 e. The van der Waals surface area contributed by atoms with Crippen molar-refractivity contribution in [3.63, 3.8) is 0 Å². The number of rotatable bonds is 6. The number of ether oxygens (including phenoxy) is 2. The maximum atomic E-state index is 12.6. The van der Waals surface area contributed by atoms with Gasteiger partial charge >= 0.3 is 0 Å². The minimum Gasteiger partial charge on any atom is -0.496 e. The molecule has 0 spiro atoms. The second-order valence-electron chi connectivity index (χ2n) is 4.94. The third-order valence-electron chi connectivity index (χ3n) is 3.36. The van der Waals surface area contributed by atoms with Crippen LogP contribution in [0.3, 0.4) is 0 Å². The van der Waals surface area contributed by atoms with Crippen LogP contribution in [0.15, 0.2) is 58.3 Å². The zero-order valence-electron chi connectivity index (χ0n) is 13.4. The smallest absolute Gasteiger partial charge is 0.216 e. The van der Waals surface area contributed by atoms with Crippen molar-refractivity contribution >= 4 is 15.9 Å². The Labute approximate surface area is 141 Å². The van der Waals surface area contributed by atoms with Crippen LogP contribution in [-0.4, -0.2) is 22.6 Å². The molecule has 0 aromatic heterocycles. The number of benzene rings is 2. The number of nitrogens with zero attached hydrogens (tertiary/aromatic N) is 1. The van der Waals surface area contributed by atoms with Gasteiger partial charge in [0, 0.05) is 12.7 Å². The Hall–Kier alpha value is -2.62. The summed E-state index contributed by atoms with van der Waals surface area (Å²) in [5.74, 6) is 0.637. The molecule has 0 fully saturated rings. The van der Waals surface area contributed by atoms with Crippen LogP contribution >= 0.6 is 0 Å². The summed E-state index contributed by atoms with van der Waals surface area (Å²) in [6.45, 7) is 0.318. The van der Waals surface area contributed by atoms with Crippen molar-refractivity contribution in [2.75, 3.05) is 14.2 Å². The van der Waals surface area contributed by atoms with Crippen LogP contribution in [-0.2, 0) is 21.2 Å². The van der Waals surface area contributed by atoms with Crippen LogP contribution in [0, 0.1) is 11.3 Å². The minimum atomic E-state index is -3.85. The van der Waals surface area contributed by atoms with Crippen molar-refractivity contribution in [2.24, 2.45) is 0 Å². The topological polar surface area (TPSA) is 76.4 Å². The molecule has 124 valence electrons. The number of allylic oxidation sites excluding steroid dienone is 1. The highest BCUT2D eigenvalue weighted by Crippen LogP contribution is 2.25. The van der Waals surface area contributed by atoms with Crippen molar-refractivity contribution in [3.05, 3.63) is 64.6 Å². The predicted molar refractivity (Wildman–Crippen MR) is 90.9 cm³/mol. The molecule has 0 radical (unpaired) electrons. The summed E-state index contributed by atoms with van der Waals surface area (Å²) in [4.78, 5) is -0.231. The fraction of sp³-hybridized carbons (Fsp3) is 0.167. The zero-order chi connectivity index (χ0) is 17.6. The van der Waals surface area contributed by atoms with Gasteiger partial charge in [0.15, 0.2) is 0 Å². The predicted octanol–water partition coefficient (Wildman–Crippen LogP) is 3.18. The molecule has 0 atom stereocenters. The highest BCUT2D eigenvalue weighted by Gasteiger charge is 2.20. The average Bonchev–Trinajstić information content (AvgIpc) is 2.60. The summed E-state index contributed by atoms with van der Waals surface area (Å²) in [7, 11) is -0.748. The number of nitriles is 1. The molecule has 24 heavy (non-hydrogen) atoms. The van der Waals surface area contributed by atoms with Crippen molar-refractivity contribution in [2.45, 2.75) is 11.5 Å². The standard InChI is InChI=1S/C18H17NO4S/c1-22-13-15-10-14(8-9-18(15)23-2)11-17(12-19)24(20,21)16-6-4-3-5-7-16/h3-11H,13H2,1-2H3. The summed E-state index contributed by atoms with van der Waals surface area (Å²) < 4.78 is 35.5. The summed E-state index contributed by atoms with van der Waals surface area (Å²) in [6, 6.07) is 14.8. The quantitative estimate of drug-likeness (QED) is 0.753. The molecule has 0 bridgehead atoms. The van der Waals surface area contributed by atoms with E-state index in [1.165, 1.54) is 18.2 Å². The molecular formula is C18H17NO4S.